The zero-order valence-corrected chi connectivity index (χ0v) is 12.1. The molecule has 1 fully saturated rings. The van der Waals surface area contributed by atoms with E-state index in [-0.39, 0.29) is 18.4 Å². The molecule has 2 amide bonds. The number of anilines is 1. The van der Waals surface area contributed by atoms with E-state index in [1.165, 1.54) is 0 Å². The molecule has 0 saturated heterocycles. The summed E-state index contributed by atoms with van der Waals surface area (Å²) < 4.78 is 1.94. The van der Waals surface area contributed by atoms with E-state index in [2.05, 4.69) is 5.32 Å². The first-order chi connectivity index (χ1) is 9.56. The van der Waals surface area contributed by atoms with Gasteiger partial charge in [0.05, 0.1) is 12.2 Å². The zero-order valence-electron chi connectivity index (χ0n) is 12.1. The molecule has 1 aliphatic rings. The number of nitrogens with one attached hydrogen (secondary N) is 1. The second-order valence-corrected chi connectivity index (χ2v) is 5.07. The highest BCUT2D eigenvalue weighted by atomic mass is 16.2. The SMILES string of the molecule is CCNC(=O)CN(CC)C(=O)c1cc(N)cn1C1CC1. The van der Waals surface area contributed by atoms with Gasteiger partial charge in [-0.3, -0.25) is 9.59 Å². The second-order valence-electron chi connectivity index (χ2n) is 5.07. The first-order valence-corrected chi connectivity index (χ1v) is 7.10. The summed E-state index contributed by atoms with van der Waals surface area (Å²) in [6.07, 6.45) is 3.97. The number of aromatic nitrogens is 1. The first kappa shape index (κ1) is 14.4. The molecule has 6 heteroatoms. The molecule has 0 aromatic carbocycles. The van der Waals surface area contributed by atoms with Crippen molar-refractivity contribution in [1.82, 2.24) is 14.8 Å². The predicted molar refractivity (Wildman–Crippen MR) is 77.4 cm³/mol. The molecule has 0 atom stereocenters. The van der Waals surface area contributed by atoms with Crippen LogP contribution in [0.3, 0.4) is 0 Å². The van der Waals surface area contributed by atoms with Gasteiger partial charge in [-0.2, -0.15) is 0 Å². The molecule has 3 N–H and O–H groups in total. The van der Waals surface area contributed by atoms with Gasteiger partial charge in [-0.15, -0.1) is 0 Å². The van der Waals surface area contributed by atoms with Crippen LogP contribution in [-0.2, 0) is 4.79 Å². The molecule has 0 radical (unpaired) electrons. The van der Waals surface area contributed by atoms with E-state index in [9.17, 15) is 9.59 Å². The zero-order chi connectivity index (χ0) is 14.7. The van der Waals surface area contributed by atoms with Gasteiger partial charge in [-0.1, -0.05) is 0 Å². The van der Waals surface area contributed by atoms with Gasteiger partial charge in [0, 0.05) is 25.3 Å². The van der Waals surface area contributed by atoms with Crippen LogP contribution in [0.4, 0.5) is 5.69 Å². The van der Waals surface area contributed by atoms with Crippen LogP contribution in [0.5, 0.6) is 0 Å². The number of nitrogens with two attached hydrogens (primary N) is 1. The van der Waals surface area contributed by atoms with E-state index in [0.29, 0.717) is 30.5 Å². The van der Waals surface area contributed by atoms with E-state index in [1.54, 1.807) is 11.0 Å². The Bertz CT molecular complexity index is 505. The fourth-order valence-corrected chi connectivity index (χ4v) is 2.24. The third kappa shape index (κ3) is 3.12. The normalized spacial score (nSPS) is 14.1. The van der Waals surface area contributed by atoms with Crippen LogP contribution in [-0.4, -0.2) is 40.9 Å². The van der Waals surface area contributed by atoms with Gasteiger partial charge in [0.2, 0.25) is 5.91 Å². The van der Waals surface area contributed by atoms with Crippen LogP contribution in [0.1, 0.15) is 43.2 Å². The monoisotopic (exact) mass is 278 g/mol. The van der Waals surface area contributed by atoms with Gasteiger partial charge in [0.25, 0.3) is 5.91 Å². The topological polar surface area (TPSA) is 80.4 Å². The molecular weight excluding hydrogens is 256 g/mol. The van der Waals surface area contributed by atoms with Gasteiger partial charge >= 0.3 is 0 Å². The summed E-state index contributed by atoms with van der Waals surface area (Å²) in [5, 5.41) is 2.71. The van der Waals surface area contributed by atoms with Crippen molar-refractivity contribution in [3.8, 4) is 0 Å². The highest BCUT2D eigenvalue weighted by molar-refractivity contribution is 5.96. The van der Waals surface area contributed by atoms with Gasteiger partial charge in [0.15, 0.2) is 0 Å². The maximum atomic E-state index is 12.6. The van der Waals surface area contributed by atoms with Crippen molar-refractivity contribution in [3.05, 3.63) is 18.0 Å². The van der Waals surface area contributed by atoms with Crippen molar-refractivity contribution in [3.63, 3.8) is 0 Å². The minimum absolute atomic E-state index is 0.0823. The fourth-order valence-electron chi connectivity index (χ4n) is 2.24. The van der Waals surface area contributed by atoms with E-state index in [4.69, 9.17) is 5.73 Å². The average molecular weight is 278 g/mol. The fraction of sp³-hybridized carbons (Fsp3) is 0.571. The molecule has 20 heavy (non-hydrogen) atoms. The summed E-state index contributed by atoms with van der Waals surface area (Å²) >= 11 is 0. The molecule has 1 heterocycles. The van der Waals surface area contributed by atoms with Crippen LogP contribution >= 0.6 is 0 Å². The minimum atomic E-state index is -0.139. The average Bonchev–Trinajstić information content (AvgIpc) is 3.18. The Morgan fingerprint density at radius 3 is 2.70 bits per heavy atom. The van der Waals surface area contributed by atoms with Crippen molar-refractivity contribution in [2.75, 3.05) is 25.4 Å². The largest absolute Gasteiger partial charge is 0.397 e. The molecule has 0 bridgehead atoms. The molecule has 0 unspecified atom stereocenters. The summed E-state index contributed by atoms with van der Waals surface area (Å²) in [6, 6.07) is 2.08. The highest BCUT2D eigenvalue weighted by Gasteiger charge is 2.29. The number of hydrogen-bond acceptors (Lipinski definition) is 3. The summed E-state index contributed by atoms with van der Waals surface area (Å²) in [4.78, 5) is 25.7. The van der Waals surface area contributed by atoms with E-state index in [0.717, 1.165) is 12.8 Å². The first-order valence-electron chi connectivity index (χ1n) is 7.10. The molecule has 1 aromatic heterocycles. The quantitative estimate of drug-likeness (QED) is 0.814. The molecule has 2 rings (SSSR count). The number of carbonyl (C=O) groups excluding carboxylic acids is 2. The number of nitrogen functional groups attached to an aromatic ring is 1. The standard InChI is InChI=1S/C14H22N4O2/c1-3-16-13(19)9-17(4-2)14(20)12-7-10(15)8-18(12)11-5-6-11/h7-8,11H,3-6,9,15H2,1-2H3,(H,16,19). The summed E-state index contributed by atoms with van der Waals surface area (Å²) in [5.74, 6) is -0.275. The number of nitrogens with zero attached hydrogens (tertiary/aromatic N) is 2. The van der Waals surface area contributed by atoms with Crippen LogP contribution in [0.2, 0.25) is 0 Å². The van der Waals surface area contributed by atoms with Crippen molar-refractivity contribution >= 4 is 17.5 Å². The Hall–Kier alpha value is -1.98. The maximum Gasteiger partial charge on any atom is 0.271 e. The Morgan fingerprint density at radius 1 is 1.45 bits per heavy atom. The summed E-state index contributed by atoms with van der Waals surface area (Å²) in [6.45, 7) is 4.86. The predicted octanol–water partition coefficient (Wildman–Crippen LogP) is 1.00. The minimum Gasteiger partial charge on any atom is -0.397 e. The number of hydrogen-bond donors (Lipinski definition) is 2. The van der Waals surface area contributed by atoms with Crippen molar-refractivity contribution in [2.45, 2.75) is 32.7 Å². The lowest BCUT2D eigenvalue weighted by atomic mass is 10.3. The van der Waals surface area contributed by atoms with E-state index < -0.39 is 0 Å². The Balaban J connectivity index is 2.13. The van der Waals surface area contributed by atoms with Gasteiger partial charge in [-0.05, 0) is 32.8 Å². The molecule has 1 aromatic rings. The lowest BCUT2D eigenvalue weighted by Gasteiger charge is -2.21. The Labute approximate surface area is 118 Å². The number of likely N-dealkylation sites (N-methyl/N-ethyl adjacent to an activating group) is 2. The third-order valence-electron chi connectivity index (χ3n) is 3.41. The Morgan fingerprint density at radius 2 is 2.15 bits per heavy atom. The van der Waals surface area contributed by atoms with E-state index in [1.807, 2.05) is 24.6 Å². The van der Waals surface area contributed by atoms with Crippen molar-refractivity contribution < 1.29 is 9.59 Å². The van der Waals surface area contributed by atoms with Crippen molar-refractivity contribution in [2.24, 2.45) is 0 Å². The molecule has 1 aliphatic carbocycles. The van der Waals surface area contributed by atoms with Gasteiger partial charge < -0.3 is 20.5 Å². The molecular formula is C14H22N4O2. The van der Waals surface area contributed by atoms with Crippen LogP contribution in [0.25, 0.3) is 0 Å². The second kappa shape index (κ2) is 5.98. The molecule has 1 saturated carbocycles. The molecule has 0 aliphatic heterocycles. The van der Waals surface area contributed by atoms with Gasteiger partial charge in [0.1, 0.15) is 5.69 Å². The maximum absolute atomic E-state index is 12.6. The lowest BCUT2D eigenvalue weighted by molar-refractivity contribution is -0.121. The lowest BCUT2D eigenvalue weighted by Crippen LogP contribution is -2.41. The molecule has 0 spiro atoms. The number of rotatable bonds is 6. The smallest absolute Gasteiger partial charge is 0.271 e. The third-order valence-corrected chi connectivity index (χ3v) is 3.41. The number of amides is 2. The molecule has 6 nitrogen and oxygen atoms in total. The summed E-state index contributed by atoms with van der Waals surface area (Å²) in [5.41, 5.74) is 6.97. The van der Waals surface area contributed by atoms with Crippen LogP contribution in [0.15, 0.2) is 12.3 Å². The van der Waals surface area contributed by atoms with Crippen LogP contribution in [0, 0.1) is 0 Å². The Kier molecular flexibility index (Phi) is 4.32. The van der Waals surface area contributed by atoms with Crippen LogP contribution < -0.4 is 11.1 Å². The summed E-state index contributed by atoms with van der Waals surface area (Å²) in [7, 11) is 0. The molecule has 110 valence electrons. The van der Waals surface area contributed by atoms with Crippen molar-refractivity contribution in [1.29, 1.82) is 0 Å². The highest BCUT2D eigenvalue weighted by Crippen LogP contribution is 2.37. The van der Waals surface area contributed by atoms with Gasteiger partial charge in [-0.25, -0.2) is 0 Å². The number of carbonyl (C=O) groups is 2. The van der Waals surface area contributed by atoms with E-state index >= 15 is 0 Å².